The Balaban J connectivity index is 2.86. The summed E-state index contributed by atoms with van der Waals surface area (Å²) in [6.45, 7) is 4.90. The van der Waals surface area contributed by atoms with Gasteiger partial charge in [-0.3, -0.25) is 10.7 Å². The van der Waals surface area contributed by atoms with E-state index in [0.29, 0.717) is 0 Å². The highest BCUT2D eigenvalue weighted by atomic mass is 16.5. The Kier molecular flexibility index (Phi) is 2.94. The Morgan fingerprint density at radius 2 is 2.17 bits per heavy atom. The van der Waals surface area contributed by atoms with Crippen LogP contribution in [0.25, 0.3) is 0 Å². The number of nitrogens with one attached hydrogen (secondary N) is 2. The van der Waals surface area contributed by atoms with Gasteiger partial charge in [-0.05, 0) is 37.6 Å². The van der Waals surface area contributed by atoms with Crippen molar-refractivity contribution < 1.29 is 5.21 Å². The van der Waals surface area contributed by atoms with Gasteiger partial charge in [0.25, 0.3) is 0 Å². The van der Waals surface area contributed by atoms with Crippen LogP contribution in [0.2, 0.25) is 0 Å². The Hall–Kier alpha value is -1.22. The average molecular weight is 166 g/mol. The van der Waals surface area contributed by atoms with E-state index in [1.54, 1.807) is 0 Å². The van der Waals surface area contributed by atoms with E-state index in [-0.39, 0.29) is 0 Å². The molecule has 0 radical (unpaired) electrons. The Morgan fingerprint density at radius 3 is 2.67 bits per heavy atom. The van der Waals surface area contributed by atoms with E-state index in [1.165, 1.54) is 0 Å². The van der Waals surface area contributed by atoms with Gasteiger partial charge in [-0.2, -0.15) is 0 Å². The van der Waals surface area contributed by atoms with Crippen molar-refractivity contribution in [2.75, 3.05) is 17.3 Å². The fourth-order valence-corrected chi connectivity index (χ4v) is 1.10. The van der Waals surface area contributed by atoms with Crippen molar-refractivity contribution in [3.05, 3.63) is 23.8 Å². The minimum atomic E-state index is 0.747. The quantitative estimate of drug-likeness (QED) is 0.603. The van der Waals surface area contributed by atoms with Gasteiger partial charge in [-0.25, -0.2) is 0 Å². The standard InChI is InChI=1S/C9H14N2O/c1-3-10-8-4-5-9(11-12)7(2)6-8/h4-6,10-12H,3H2,1-2H3. The number of rotatable bonds is 3. The Labute approximate surface area is 72.4 Å². The van der Waals surface area contributed by atoms with Gasteiger partial charge in [0.1, 0.15) is 0 Å². The van der Waals surface area contributed by atoms with Crippen LogP contribution in [-0.2, 0) is 0 Å². The molecule has 0 aliphatic heterocycles. The average Bonchev–Trinajstić information content (AvgIpc) is 2.05. The molecule has 3 nitrogen and oxygen atoms in total. The minimum absolute atomic E-state index is 0.747. The molecule has 0 aromatic heterocycles. The monoisotopic (exact) mass is 166 g/mol. The molecule has 1 aromatic rings. The molecule has 3 heteroatoms. The highest BCUT2D eigenvalue weighted by molar-refractivity contribution is 5.58. The highest BCUT2D eigenvalue weighted by Crippen LogP contribution is 2.18. The van der Waals surface area contributed by atoms with Crippen LogP contribution < -0.4 is 10.8 Å². The molecular formula is C9H14N2O. The van der Waals surface area contributed by atoms with Gasteiger partial charge in [0, 0.05) is 12.2 Å². The fourth-order valence-electron chi connectivity index (χ4n) is 1.10. The zero-order chi connectivity index (χ0) is 8.97. The van der Waals surface area contributed by atoms with Gasteiger partial charge >= 0.3 is 0 Å². The van der Waals surface area contributed by atoms with Crippen molar-refractivity contribution in [2.45, 2.75) is 13.8 Å². The van der Waals surface area contributed by atoms with Crippen molar-refractivity contribution in [1.82, 2.24) is 0 Å². The summed E-state index contributed by atoms with van der Waals surface area (Å²) in [6, 6.07) is 5.75. The molecule has 0 aliphatic rings. The van der Waals surface area contributed by atoms with Crippen molar-refractivity contribution in [3.8, 4) is 0 Å². The maximum atomic E-state index is 8.67. The summed E-state index contributed by atoms with van der Waals surface area (Å²) in [4.78, 5) is 0. The van der Waals surface area contributed by atoms with Crippen LogP contribution in [0.3, 0.4) is 0 Å². The SMILES string of the molecule is CCNc1ccc(NO)c(C)c1. The summed E-state index contributed by atoms with van der Waals surface area (Å²) in [5.41, 5.74) is 4.99. The van der Waals surface area contributed by atoms with E-state index in [1.807, 2.05) is 32.0 Å². The summed E-state index contributed by atoms with van der Waals surface area (Å²) >= 11 is 0. The molecule has 1 rings (SSSR count). The summed E-state index contributed by atoms with van der Waals surface area (Å²) in [5, 5.41) is 11.9. The van der Waals surface area contributed by atoms with Crippen LogP contribution in [0.4, 0.5) is 11.4 Å². The molecule has 0 bridgehead atoms. The van der Waals surface area contributed by atoms with E-state index >= 15 is 0 Å². The number of aryl methyl sites for hydroxylation is 1. The smallest absolute Gasteiger partial charge is 0.0632 e. The molecule has 0 atom stereocenters. The first-order valence-corrected chi connectivity index (χ1v) is 4.02. The van der Waals surface area contributed by atoms with Crippen LogP contribution in [0.5, 0.6) is 0 Å². The predicted octanol–water partition coefficient (Wildman–Crippen LogP) is 2.23. The van der Waals surface area contributed by atoms with E-state index in [2.05, 4.69) is 10.8 Å². The van der Waals surface area contributed by atoms with Crippen LogP contribution in [0, 0.1) is 6.92 Å². The van der Waals surface area contributed by atoms with Crippen molar-refractivity contribution in [2.24, 2.45) is 0 Å². The van der Waals surface area contributed by atoms with Crippen LogP contribution >= 0.6 is 0 Å². The van der Waals surface area contributed by atoms with Crippen molar-refractivity contribution >= 4 is 11.4 Å². The largest absolute Gasteiger partial charge is 0.385 e. The second kappa shape index (κ2) is 3.97. The van der Waals surface area contributed by atoms with Crippen LogP contribution in [-0.4, -0.2) is 11.8 Å². The number of anilines is 2. The molecular weight excluding hydrogens is 152 g/mol. The summed E-state index contributed by atoms with van der Waals surface area (Å²) in [6.07, 6.45) is 0. The maximum Gasteiger partial charge on any atom is 0.0632 e. The summed E-state index contributed by atoms with van der Waals surface area (Å²) in [7, 11) is 0. The summed E-state index contributed by atoms with van der Waals surface area (Å²) in [5.74, 6) is 0. The van der Waals surface area contributed by atoms with E-state index < -0.39 is 0 Å². The second-order valence-corrected chi connectivity index (χ2v) is 2.67. The lowest BCUT2D eigenvalue weighted by Gasteiger charge is -2.07. The number of hydrogen-bond donors (Lipinski definition) is 3. The lowest BCUT2D eigenvalue weighted by atomic mass is 10.2. The molecule has 0 spiro atoms. The molecule has 0 aliphatic carbocycles. The molecule has 12 heavy (non-hydrogen) atoms. The Bertz CT molecular complexity index is 261. The molecule has 0 saturated heterocycles. The first kappa shape index (κ1) is 8.87. The summed E-state index contributed by atoms with van der Waals surface area (Å²) < 4.78 is 0. The molecule has 0 amide bonds. The lowest BCUT2D eigenvalue weighted by molar-refractivity contribution is 0.388. The van der Waals surface area contributed by atoms with Gasteiger partial charge < -0.3 is 5.32 Å². The first-order valence-electron chi connectivity index (χ1n) is 4.02. The molecule has 0 unspecified atom stereocenters. The van der Waals surface area contributed by atoms with E-state index in [0.717, 1.165) is 23.5 Å². The maximum absolute atomic E-state index is 8.67. The van der Waals surface area contributed by atoms with Gasteiger partial charge in [0.15, 0.2) is 0 Å². The molecule has 1 aromatic carbocycles. The predicted molar refractivity (Wildman–Crippen MR) is 50.8 cm³/mol. The van der Waals surface area contributed by atoms with Crippen LogP contribution in [0.1, 0.15) is 12.5 Å². The third kappa shape index (κ3) is 1.89. The van der Waals surface area contributed by atoms with Gasteiger partial charge in [0.2, 0.25) is 0 Å². The highest BCUT2D eigenvalue weighted by Gasteiger charge is 1.96. The first-order chi connectivity index (χ1) is 5.77. The van der Waals surface area contributed by atoms with E-state index in [4.69, 9.17) is 5.21 Å². The van der Waals surface area contributed by atoms with Gasteiger partial charge in [-0.1, -0.05) is 0 Å². The van der Waals surface area contributed by atoms with Gasteiger partial charge in [-0.15, -0.1) is 0 Å². The molecule has 66 valence electrons. The molecule has 0 fully saturated rings. The lowest BCUT2D eigenvalue weighted by Crippen LogP contribution is -1.98. The van der Waals surface area contributed by atoms with Crippen molar-refractivity contribution in [3.63, 3.8) is 0 Å². The molecule has 3 N–H and O–H groups in total. The Morgan fingerprint density at radius 1 is 1.42 bits per heavy atom. The topological polar surface area (TPSA) is 44.3 Å². The van der Waals surface area contributed by atoms with Crippen LogP contribution in [0.15, 0.2) is 18.2 Å². The van der Waals surface area contributed by atoms with Gasteiger partial charge in [0.05, 0.1) is 5.69 Å². The third-order valence-corrected chi connectivity index (χ3v) is 1.73. The zero-order valence-electron chi connectivity index (χ0n) is 7.39. The third-order valence-electron chi connectivity index (χ3n) is 1.73. The molecule has 0 saturated carbocycles. The minimum Gasteiger partial charge on any atom is -0.385 e. The molecule has 0 heterocycles. The number of benzene rings is 1. The normalized spacial score (nSPS) is 9.58. The van der Waals surface area contributed by atoms with E-state index in [9.17, 15) is 0 Å². The second-order valence-electron chi connectivity index (χ2n) is 2.67. The zero-order valence-corrected chi connectivity index (χ0v) is 7.39. The fraction of sp³-hybridized carbons (Fsp3) is 0.333. The van der Waals surface area contributed by atoms with Crippen molar-refractivity contribution in [1.29, 1.82) is 0 Å². The number of hydrogen-bond acceptors (Lipinski definition) is 3.